The third kappa shape index (κ3) is 3.09. The van der Waals surface area contributed by atoms with Crippen molar-refractivity contribution in [1.82, 2.24) is 9.38 Å². The van der Waals surface area contributed by atoms with Crippen molar-refractivity contribution in [2.75, 3.05) is 0 Å². The van der Waals surface area contributed by atoms with Crippen LogP contribution in [0.25, 0.3) is 5.65 Å². The molecule has 4 heteroatoms. The van der Waals surface area contributed by atoms with Crippen LogP contribution >= 0.6 is 23.4 Å². The Morgan fingerprint density at radius 1 is 1.10 bits per heavy atom. The minimum Gasteiger partial charge on any atom is -0.294 e. The Labute approximate surface area is 134 Å². The molecule has 0 atom stereocenters. The normalized spacial score (nSPS) is 12.0. The van der Waals surface area contributed by atoms with Crippen LogP contribution in [0.1, 0.15) is 26.3 Å². The van der Waals surface area contributed by atoms with Crippen molar-refractivity contribution in [1.29, 1.82) is 0 Å². The second kappa shape index (κ2) is 5.39. The Balaban J connectivity index is 2.07. The van der Waals surface area contributed by atoms with Crippen LogP contribution in [0.4, 0.5) is 0 Å². The number of imidazole rings is 1. The zero-order chi connectivity index (χ0) is 15.0. The van der Waals surface area contributed by atoms with Gasteiger partial charge < -0.3 is 0 Å². The largest absolute Gasteiger partial charge is 0.294 e. The monoisotopic (exact) mass is 316 g/mol. The number of aromatic nitrogens is 2. The minimum atomic E-state index is 0.100. The van der Waals surface area contributed by atoms with Gasteiger partial charge in [0.25, 0.3) is 0 Å². The molecule has 0 aliphatic carbocycles. The van der Waals surface area contributed by atoms with E-state index in [0.717, 1.165) is 15.7 Å². The van der Waals surface area contributed by atoms with E-state index in [2.05, 4.69) is 42.3 Å². The third-order valence-electron chi connectivity index (χ3n) is 3.37. The van der Waals surface area contributed by atoms with Crippen molar-refractivity contribution in [3.63, 3.8) is 0 Å². The van der Waals surface area contributed by atoms with E-state index in [1.165, 1.54) is 10.5 Å². The van der Waals surface area contributed by atoms with Gasteiger partial charge >= 0.3 is 0 Å². The summed E-state index contributed by atoms with van der Waals surface area (Å²) in [6.07, 6.45) is 3.84. The van der Waals surface area contributed by atoms with Crippen LogP contribution < -0.4 is 0 Å². The molecule has 21 heavy (non-hydrogen) atoms. The highest BCUT2D eigenvalue weighted by molar-refractivity contribution is 7.99. The maximum absolute atomic E-state index is 5.95. The predicted molar refractivity (Wildman–Crippen MR) is 89.5 cm³/mol. The Kier molecular flexibility index (Phi) is 3.72. The average molecular weight is 317 g/mol. The second-order valence-corrected chi connectivity index (χ2v) is 7.57. The first-order valence-corrected chi connectivity index (χ1v) is 8.04. The van der Waals surface area contributed by atoms with E-state index < -0.39 is 0 Å². The SMILES string of the molecule is CC(C)(C)c1cc(Sc2ccc(Cl)cc2)n2ccnc2c1. The van der Waals surface area contributed by atoms with Crippen molar-refractivity contribution in [2.45, 2.75) is 36.1 Å². The lowest BCUT2D eigenvalue weighted by Crippen LogP contribution is -2.12. The zero-order valence-corrected chi connectivity index (χ0v) is 13.9. The highest BCUT2D eigenvalue weighted by Crippen LogP contribution is 2.33. The summed E-state index contributed by atoms with van der Waals surface area (Å²) >= 11 is 7.68. The Hall–Kier alpha value is -1.45. The van der Waals surface area contributed by atoms with E-state index in [-0.39, 0.29) is 5.41 Å². The molecule has 0 N–H and O–H groups in total. The van der Waals surface area contributed by atoms with Gasteiger partial charge in [-0.1, -0.05) is 44.1 Å². The summed E-state index contributed by atoms with van der Waals surface area (Å²) in [5, 5.41) is 1.92. The van der Waals surface area contributed by atoms with Gasteiger partial charge in [-0.05, 0) is 47.4 Å². The molecule has 0 aliphatic rings. The summed E-state index contributed by atoms with van der Waals surface area (Å²) in [5.74, 6) is 0. The number of halogens is 1. The molecule has 0 bridgehead atoms. The molecule has 0 saturated carbocycles. The molecule has 2 nitrogen and oxygen atoms in total. The fourth-order valence-electron chi connectivity index (χ4n) is 2.13. The number of nitrogens with zero attached hydrogens (tertiary/aromatic N) is 2. The molecule has 2 heterocycles. The van der Waals surface area contributed by atoms with E-state index >= 15 is 0 Å². The molecular weight excluding hydrogens is 300 g/mol. The van der Waals surface area contributed by atoms with Gasteiger partial charge in [0.05, 0.1) is 5.03 Å². The second-order valence-electron chi connectivity index (χ2n) is 6.04. The smallest absolute Gasteiger partial charge is 0.137 e. The van der Waals surface area contributed by atoms with E-state index in [1.807, 2.05) is 36.7 Å². The fraction of sp³-hybridized carbons (Fsp3) is 0.235. The van der Waals surface area contributed by atoms with Gasteiger partial charge in [0.15, 0.2) is 0 Å². The third-order valence-corrected chi connectivity index (χ3v) is 4.66. The number of fused-ring (bicyclic) bond motifs is 1. The summed E-state index contributed by atoms with van der Waals surface area (Å²) in [4.78, 5) is 5.60. The van der Waals surface area contributed by atoms with Gasteiger partial charge in [0.2, 0.25) is 0 Å². The van der Waals surface area contributed by atoms with Crippen molar-refractivity contribution in [2.24, 2.45) is 0 Å². The average Bonchev–Trinajstić information content (AvgIpc) is 2.89. The molecule has 1 aromatic carbocycles. The number of pyridine rings is 1. The van der Waals surface area contributed by atoms with Crippen molar-refractivity contribution in [3.8, 4) is 0 Å². The summed E-state index contributed by atoms with van der Waals surface area (Å²) < 4.78 is 2.12. The van der Waals surface area contributed by atoms with Crippen molar-refractivity contribution in [3.05, 3.63) is 59.4 Å². The van der Waals surface area contributed by atoms with E-state index in [9.17, 15) is 0 Å². The maximum Gasteiger partial charge on any atom is 0.137 e. The standard InChI is InChI=1S/C17H17ClN2S/c1-17(2,3)12-10-15-19-8-9-20(15)16(11-12)21-14-6-4-13(18)5-7-14/h4-11H,1-3H3. The number of hydrogen-bond donors (Lipinski definition) is 0. The summed E-state index contributed by atoms with van der Waals surface area (Å²) in [5.41, 5.74) is 2.37. The summed E-state index contributed by atoms with van der Waals surface area (Å²) in [7, 11) is 0. The van der Waals surface area contributed by atoms with Crippen LogP contribution in [0.5, 0.6) is 0 Å². The van der Waals surface area contributed by atoms with Gasteiger partial charge in [-0.2, -0.15) is 0 Å². The van der Waals surface area contributed by atoms with Crippen LogP contribution in [-0.2, 0) is 5.41 Å². The topological polar surface area (TPSA) is 17.3 Å². The van der Waals surface area contributed by atoms with Crippen LogP contribution in [0.3, 0.4) is 0 Å². The Morgan fingerprint density at radius 3 is 2.48 bits per heavy atom. The van der Waals surface area contributed by atoms with Crippen molar-refractivity contribution < 1.29 is 0 Å². The molecule has 108 valence electrons. The van der Waals surface area contributed by atoms with Gasteiger partial charge in [0.1, 0.15) is 5.65 Å². The van der Waals surface area contributed by atoms with Crippen LogP contribution in [-0.4, -0.2) is 9.38 Å². The first-order valence-electron chi connectivity index (χ1n) is 6.84. The van der Waals surface area contributed by atoms with Crippen molar-refractivity contribution >= 4 is 29.0 Å². The maximum atomic E-state index is 5.95. The molecule has 0 amide bonds. The lowest BCUT2D eigenvalue weighted by molar-refractivity contribution is 0.587. The highest BCUT2D eigenvalue weighted by Gasteiger charge is 2.17. The first-order chi connectivity index (χ1) is 9.93. The van der Waals surface area contributed by atoms with E-state index in [4.69, 9.17) is 11.6 Å². The molecule has 0 unspecified atom stereocenters. The molecular formula is C17H17ClN2S. The number of hydrogen-bond acceptors (Lipinski definition) is 2. The zero-order valence-electron chi connectivity index (χ0n) is 12.3. The van der Waals surface area contributed by atoms with Crippen LogP contribution in [0.2, 0.25) is 5.02 Å². The first kappa shape index (κ1) is 14.5. The lowest BCUT2D eigenvalue weighted by atomic mass is 9.88. The van der Waals surface area contributed by atoms with Gasteiger partial charge in [0, 0.05) is 22.3 Å². The Bertz CT molecular complexity index is 770. The summed E-state index contributed by atoms with van der Waals surface area (Å²) in [6, 6.07) is 12.3. The molecule has 3 rings (SSSR count). The van der Waals surface area contributed by atoms with Gasteiger partial charge in [-0.15, -0.1) is 0 Å². The molecule has 2 aromatic heterocycles. The molecule has 0 saturated heterocycles. The molecule has 0 radical (unpaired) electrons. The predicted octanol–water partition coefficient (Wildman–Crippen LogP) is 5.44. The van der Waals surface area contributed by atoms with E-state index in [1.54, 1.807) is 11.8 Å². The summed E-state index contributed by atoms with van der Waals surface area (Å²) in [6.45, 7) is 6.66. The fourth-order valence-corrected chi connectivity index (χ4v) is 3.20. The lowest BCUT2D eigenvalue weighted by Gasteiger charge is -2.20. The molecule has 0 fully saturated rings. The van der Waals surface area contributed by atoms with Crippen LogP contribution in [0, 0.1) is 0 Å². The van der Waals surface area contributed by atoms with Gasteiger partial charge in [-0.3, -0.25) is 4.40 Å². The number of rotatable bonds is 2. The Morgan fingerprint density at radius 2 is 1.81 bits per heavy atom. The molecule has 0 spiro atoms. The van der Waals surface area contributed by atoms with Crippen LogP contribution in [0.15, 0.2) is 58.7 Å². The quantitative estimate of drug-likeness (QED) is 0.626. The molecule has 0 aliphatic heterocycles. The molecule has 3 aromatic rings. The number of benzene rings is 1. The highest BCUT2D eigenvalue weighted by atomic mass is 35.5. The minimum absolute atomic E-state index is 0.100. The van der Waals surface area contributed by atoms with E-state index in [0.29, 0.717) is 0 Å². The van der Waals surface area contributed by atoms with Gasteiger partial charge in [-0.25, -0.2) is 4.98 Å².